The number of anilines is 1. The predicted octanol–water partition coefficient (Wildman–Crippen LogP) is 3.92. The van der Waals surface area contributed by atoms with E-state index in [0.29, 0.717) is 28.7 Å². The quantitative estimate of drug-likeness (QED) is 0.439. The molecule has 0 atom stereocenters. The molecule has 9 nitrogen and oxygen atoms in total. The minimum atomic E-state index is -0.425. The number of hydrogen-bond donors (Lipinski definition) is 2. The van der Waals surface area contributed by atoms with Crippen molar-refractivity contribution >= 4 is 22.9 Å². The van der Waals surface area contributed by atoms with Crippen molar-refractivity contribution in [3.05, 3.63) is 53.8 Å². The van der Waals surface area contributed by atoms with Crippen LogP contribution >= 0.6 is 11.3 Å². The van der Waals surface area contributed by atoms with E-state index in [1.54, 1.807) is 28.7 Å². The van der Waals surface area contributed by atoms with Crippen molar-refractivity contribution in [2.45, 2.75) is 31.9 Å². The Bertz CT molecular complexity index is 1230. The van der Waals surface area contributed by atoms with Crippen LogP contribution in [0.25, 0.3) is 22.0 Å². The number of nitrogens with one attached hydrogen (secondary N) is 2. The Morgan fingerprint density at radius 2 is 2.31 bits per heavy atom. The highest BCUT2D eigenvalue weighted by molar-refractivity contribution is 7.13. The van der Waals surface area contributed by atoms with Gasteiger partial charge in [0.05, 0.1) is 29.7 Å². The summed E-state index contributed by atoms with van der Waals surface area (Å²) in [5, 5.41) is 16.5. The number of thiazole rings is 1. The van der Waals surface area contributed by atoms with E-state index in [9.17, 15) is 9.18 Å². The first kappa shape index (κ1) is 20.5. The van der Waals surface area contributed by atoms with Gasteiger partial charge in [-0.3, -0.25) is 19.6 Å². The van der Waals surface area contributed by atoms with E-state index in [4.69, 9.17) is 4.74 Å². The predicted molar refractivity (Wildman–Crippen MR) is 117 cm³/mol. The number of aromatic nitrogens is 6. The van der Waals surface area contributed by atoms with E-state index in [2.05, 4.69) is 30.6 Å². The summed E-state index contributed by atoms with van der Waals surface area (Å²) >= 11 is 1.35. The number of aromatic amines is 1. The summed E-state index contributed by atoms with van der Waals surface area (Å²) < 4.78 is 21.3. The van der Waals surface area contributed by atoms with Crippen LogP contribution in [0.3, 0.4) is 0 Å². The summed E-state index contributed by atoms with van der Waals surface area (Å²) in [6.07, 6.45) is 8.37. The summed E-state index contributed by atoms with van der Waals surface area (Å²) in [7, 11) is 0. The topological polar surface area (TPSA) is 111 Å². The van der Waals surface area contributed by atoms with Crippen molar-refractivity contribution in [2.75, 3.05) is 11.9 Å². The van der Waals surface area contributed by atoms with Crippen molar-refractivity contribution in [2.24, 2.45) is 0 Å². The van der Waals surface area contributed by atoms with Crippen LogP contribution in [0.15, 0.2) is 42.3 Å². The molecule has 0 saturated heterocycles. The summed E-state index contributed by atoms with van der Waals surface area (Å²) in [6.45, 7) is 2.64. The molecule has 5 rings (SSSR count). The van der Waals surface area contributed by atoms with E-state index in [1.807, 2.05) is 6.92 Å². The van der Waals surface area contributed by atoms with Crippen molar-refractivity contribution in [3.63, 3.8) is 0 Å². The molecule has 164 valence electrons. The van der Waals surface area contributed by atoms with Crippen molar-refractivity contribution < 1.29 is 13.9 Å². The normalized spacial score (nSPS) is 17.8. The van der Waals surface area contributed by atoms with Crippen LogP contribution in [-0.4, -0.2) is 48.6 Å². The maximum Gasteiger partial charge on any atom is 0.275 e. The van der Waals surface area contributed by atoms with Crippen molar-refractivity contribution in [3.8, 4) is 22.0 Å². The van der Waals surface area contributed by atoms with Gasteiger partial charge in [0.15, 0.2) is 0 Å². The van der Waals surface area contributed by atoms with E-state index < -0.39 is 5.82 Å². The van der Waals surface area contributed by atoms with Gasteiger partial charge < -0.3 is 10.1 Å². The minimum absolute atomic E-state index is 0.150. The number of carbonyl (C=O) groups is 1. The molecule has 2 N–H and O–H groups in total. The van der Waals surface area contributed by atoms with Crippen LogP contribution in [0.5, 0.6) is 0 Å². The number of pyridine rings is 1. The fraction of sp³-hybridized carbons (Fsp3) is 0.286. The fourth-order valence-corrected chi connectivity index (χ4v) is 4.37. The molecule has 11 heteroatoms. The van der Waals surface area contributed by atoms with Gasteiger partial charge in [0.25, 0.3) is 5.91 Å². The Morgan fingerprint density at radius 1 is 1.44 bits per heavy atom. The number of ether oxygens (including phenoxy) is 1. The van der Waals surface area contributed by atoms with Crippen LogP contribution in [0.1, 0.15) is 36.3 Å². The van der Waals surface area contributed by atoms with E-state index >= 15 is 0 Å². The highest BCUT2D eigenvalue weighted by atomic mass is 32.1. The van der Waals surface area contributed by atoms with Gasteiger partial charge in [-0.05, 0) is 25.8 Å². The van der Waals surface area contributed by atoms with Gasteiger partial charge in [-0.1, -0.05) is 0 Å². The first-order valence-corrected chi connectivity index (χ1v) is 11.1. The standard InChI is InChI=1S/C21H20FN7O2S/c1-2-31-15-6-14(7-15)29-10-17(19(28-29)16-5-13(22)3-4-23-16)26-20(30)18-11-32-21(27-18)12-8-24-25-9-12/h3-5,8-11,14-15H,2,6-7H2,1H3,(H,24,25)(H,26,30). The maximum atomic E-state index is 13.8. The number of rotatable bonds is 7. The largest absolute Gasteiger partial charge is 0.378 e. The van der Waals surface area contributed by atoms with Crippen LogP contribution in [0, 0.1) is 5.82 Å². The van der Waals surface area contributed by atoms with Gasteiger partial charge in [0, 0.05) is 42.2 Å². The first-order chi connectivity index (χ1) is 15.6. The Labute approximate surface area is 186 Å². The average molecular weight is 454 g/mol. The molecule has 0 spiro atoms. The van der Waals surface area contributed by atoms with Gasteiger partial charge in [-0.2, -0.15) is 10.2 Å². The molecule has 1 aliphatic rings. The summed E-state index contributed by atoms with van der Waals surface area (Å²) in [4.78, 5) is 21.5. The number of carbonyl (C=O) groups excluding carboxylic acids is 1. The summed E-state index contributed by atoms with van der Waals surface area (Å²) in [6, 6.07) is 2.71. The third-order valence-corrected chi connectivity index (χ3v) is 6.16. The highest BCUT2D eigenvalue weighted by Crippen LogP contribution is 2.37. The SMILES string of the molecule is CCOC1CC(n2cc(NC(=O)c3csc(-c4cn[nH]c4)n3)c(-c3cc(F)ccn3)n2)C1. The first-order valence-electron chi connectivity index (χ1n) is 10.2. The third kappa shape index (κ3) is 4.04. The molecule has 0 aliphatic heterocycles. The molecule has 1 saturated carbocycles. The monoisotopic (exact) mass is 453 g/mol. The molecular formula is C21H20FN7O2S. The molecule has 0 unspecified atom stereocenters. The van der Waals surface area contributed by atoms with E-state index in [1.165, 1.54) is 29.7 Å². The zero-order valence-electron chi connectivity index (χ0n) is 17.2. The number of H-pyrrole nitrogens is 1. The van der Waals surface area contributed by atoms with E-state index in [0.717, 1.165) is 18.4 Å². The summed E-state index contributed by atoms with van der Waals surface area (Å²) in [5.74, 6) is -0.805. The van der Waals surface area contributed by atoms with Crippen LogP contribution < -0.4 is 5.32 Å². The zero-order valence-corrected chi connectivity index (χ0v) is 18.0. The van der Waals surface area contributed by atoms with Gasteiger partial charge in [-0.25, -0.2) is 9.37 Å². The molecule has 1 amide bonds. The second-order valence-electron chi connectivity index (χ2n) is 7.41. The fourth-order valence-electron chi connectivity index (χ4n) is 3.58. The second-order valence-corrected chi connectivity index (χ2v) is 8.27. The Morgan fingerprint density at radius 3 is 3.06 bits per heavy atom. The molecule has 1 fully saturated rings. The van der Waals surface area contributed by atoms with Crippen LogP contribution in [0.2, 0.25) is 0 Å². The average Bonchev–Trinajstić information content (AvgIpc) is 3.50. The molecule has 32 heavy (non-hydrogen) atoms. The molecule has 4 aromatic heterocycles. The molecule has 0 radical (unpaired) electrons. The second kappa shape index (κ2) is 8.60. The van der Waals surface area contributed by atoms with Gasteiger partial charge in [0.2, 0.25) is 0 Å². The molecule has 0 aromatic carbocycles. The lowest BCUT2D eigenvalue weighted by Crippen LogP contribution is -2.33. The van der Waals surface area contributed by atoms with Crippen molar-refractivity contribution in [1.29, 1.82) is 0 Å². The Balaban J connectivity index is 1.41. The smallest absolute Gasteiger partial charge is 0.275 e. The zero-order chi connectivity index (χ0) is 22.1. The van der Waals surface area contributed by atoms with Crippen LogP contribution in [0.4, 0.5) is 10.1 Å². The summed E-state index contributed by atoms with van der Waals surface area (Å²) in [5.41, 5.74) is 2.28. The Hall–Kier alpha value is -3.44. The number of halogens is 1. The van der Waals surface area contributed by atoms with Gasteiger partial charge >= 0.3 is 0 Å². The van der Waals surface area contributed by atoms with Crippen molar-refractivity contribution in [1.82, 2.24) is 29.9 Å². The lowest BCUT2D eigenvalue weighted by molar-refractivity contribution is -0.0226. The molecule has 0 bridgehead atoms. The van der Waals surface area contributed by atoms with Gasteiger partial charge in [-0.15, -0.1) is 11.3 Å². The lowest BCUT2D eigenvalue weighted by atomic mass is 9.89. The highest BCUT2D eigenvalue weighted by Gasteiger charge is 2.32. The van der Waals surface area contributed by atoms with Crippen LogP contribution in [-0.2, 0) is 4.74 Å². The molecule has 4 aromatic rings. The molecule has 1 aliphatic carbocycles. The minimum Gasteiger partial charge on any atom is -0.378 e. The number of amides is 1. The van der Waals surface area contributed by atoms with E-state index in [-0.39, 0.29) is 23.7 Å². The molecular weight excluding hydrogens is 433 g/mol. The number of hydrogen-bond acceptors (Lipinski definition) is 7. The third-order valence-electron chi connectivity index (χ3n) is 5.27. The van der Waals surface area contributed by atoms with Gasteiger partial charge in [0.1, 0.15) is 22.2 Å². The lowest BCUT2D eigenvalue weighted by Gasteiger charge is -2.34. The molecule has 4 heterocycles. The Kier molecular flexibility index (Phi) is 5.50. The maximum absolute atomic E-state index is 13.8. The number of nitrogens with zero attached hydrogens (tertiary/aromatic N) is 5.